The lowest BCUT2D eigenvalue weighted by atomic mass is 10.4. The summed E-state index contributed by atoms with van der Waals surface area (Å²) in [6.07, 6.45) is 2.22. The summed E-state index contributed by atoms with van der Waals surface area (Å²) in [4.78, 5) is 0. The predicted molar refractivity (Wildman–Crippen MR) is 86.5 cm³/mol. The zero-order valence-electron chi connectivity index (χ0n) is 13.6. The molecule has 0 aliphatic carbocycles. The van der Waals surface area contributed by atoms with Crippen molar-refractivity contribution in [3.05, 3.63) is 0 Å². The molecule has 0 aromatic rings. The Morgan fingerprint density at radius 3 is 1.70 bits per heavy atom. The van der Waals surface area contributed by atoms with Gasteiger partial charge in [-0.2, -0.15) is 5.26 Å². The maximum Gasteiger partial charge on any atom is 0.501 e. The number of nitriles is 1. The van der Waals surface area contributed by atoms with Crippen molar-refractivity contribution in [1.29, 1.82) is 5.26 Å². The van der Waals surface area contributed by atoms with Crippen LogP contribution in [0.4, 0.5) is 0 Å². The molecule has 0 amide bonds. The highest BCUT2D eigenvalue weighted by molar-refractivity contribution is 8.03. The highest BCUT2D eigenvalue weighted by Gasteiger charge is 2.43. The minimum Gasteiger partial charge on any atom is -0.371 e. The monoisotopic (exact) mass is 319 g/mol. The van der Waals surface area contributed by atoms with E-state index in [1.54, 1.807) is 0 Å². The molecule has 0 N–H and O–H groups in total. The second-order valence-corrected chi connectivity index (χ2v) is 9.03. The fourth-order valence-corrected chi connectivity index (χ4v) is 5.70. The molecule has 0 rings (SSSR count). The molecule has 0 saturated carbocycles. The number of rotatable bonds is 11. The second kappa shape index (κ2) is 10.6. The van der Waals surface area contributed by atoms with Crippen molar-refractivity contribution in [2.24, 2.45) is 0 Å². The average molecular weight is 320 g/mol. The highest BCUT2D eigenvalue weighted by Crippen LogP contribution is 2.24. The molecule has 0 aromatic carbocycles. The molecule has 0 spiro atoms. The van der Waals surface area contributed by atoms with E-state index in [9.17, 15) is 0 Å². The van der Waals surface area contributed by atoms with Gasteiger partial charge in [-0.3, -0.25) is 0 Å². The number of thioether (sulfide) groups is 1. The lowest BCUT2D eigenvalue weighted by Gasteiger charge is -2.34. The average Bonchev–Trinajstić information content (AvgIpc) is 2.25. The van der Waals surface area contributed by atoms with E-state index >= 15 is 0 Å². The van der Waals surface area contributed by atoms with Crippen LogP contribution >= 0.6 is 11.8 Å². The van der Waals surface area contributed by atoms with Gasteiger partial charge in [-0.05, 0) is 66.1 Å². The van der Waals surface area contributed by atoms with Gasteiger partial charge in [0.25, 0.3) is 0 Å². The third-order valence-corrected chi connectivity index (χ3v) is 6.37. The maximum absolute atomic E-state index is 8.53. The number of hydrogen-bond donors (Lipinski definition) is 0. The lowest BCUT2D eigenvalue weighted by molar-refractivity contribution is 0.00288. The van der Waals surface area contributed by atoms with E-state index < -0.39 is 8.80 Å². The summed E-state index contributed by atoms with van der Waals surface area (Å²) in [7, 11) is -2.64. The first-order valence-electron chi connectivity index (χ1n) is 7.35. The summed E-state index contributed by atoms with van der Waals surface area (Å²) >= 11 is 1.30. The molecular formula is C14H29NO3SSi. The van der Waals surface area contributed by atoms with Crippen molar-refractivity contribution < 1.29 is 13.3 Å². The smallest absolute Gasteiger partial charge is 0.371 e. The van der Waals surface area contributed by atoms with Crippen LogP contribution in [0.25, 0.3) is 0 Å². The van der Waals surface area contributed by atoms with Crippen molar-refractivity contribution in [3.63, 3.8) is 0 Å². The van der Waals surface area contributed by atoms with Crippen LogP contribution in [0.5, 0.6) is 0 Å². The van der Waals surface area contributed by atoms with Crippen LogP contribution in [0.2, 0.25) is 6.04 Å². The first-order valence-corrected chi connectivity index (χ1v) is 10.3. The van der Waals surface area contributed by atoms with E-state index in [0.717, 1.165) is 24.6 Å². The zero-order chi connectivity index (χ0) is 15.6. The van der Waals surface area contributed by atoms with Gasteiger partial charge in [0.2, 0.25) is 0 Å². The van der Waals surface area contributed by atoms with Gasteiger partial charge in [-0.1, -0.05) is 0 Å². The Balaban J connectivity index is 4.65. The molecule has 0 unspecified atom stereocenters. The van der Waals surface area contributed by atoms with Gasteiger partial charge in [0.15, 0.2) is 0 Å². The number of unbranched alkanes of at least 4 members (excludes halogenated alkanes) is 1. The number of hydrogen-bond acceptors (Lipinski definition) is 5. The van der Waals surface area contributed by atoms with Crippen LogP contribution in [0, 0.1) is 10.7 Å². The number of thiocyanates is 1. The summed E-state index contributed by atoms with van der Waals surface area (Å²) in [5, 5.41) is 10.6. The molecule has 0 bridgehead atoms. The summed E-state index contributed by atoms with van der Waals surface area (Å²) in [5.74, 6) is 0.853. The molecule has 0 radical (unpaired) electrons. The molecule has 6 heteroatoms. The molecule has 0 aromatic heterocycles. The summed E-state index contributed by atoms with van der Waals surface area (Å²) < 4.78 is 18.3. The first kappa shape index (κ1) is 19.9. The molecule has 0 fully saturated rings. The summed E-state index contributed by atoms with van der Waals surface area (Å²) in [6.45, 7) is 12.1. The Morgan fingerprint density at radius 2 is 1.35 bits per heavy atom. The molecule has 0 atom stereocenters. The van der Waals surface area contributed by atoms with Crippen LogP contribution in [0.3, 0.4) is 0 Å². The van der Waals surface area contributed by atoms with Crippen molar-refractivity contribution in [2.75, 3.05) is 5.75 Å². The minimum atomic E-state index is -2.64. The van der Waals surface area contributed by atoms with E-state index in [1.165, 1.54) is 11.8 Å². The third kappa shape index (κ3) is 9.78. The van der Waals surface area contributed by atoms with Gasteiger partial charge in [0.05, 0.1) is 0 Å². The molecule has 0 aliphatic heterocycles. The molecule has 0 saturated heterocycles. The van der Waals surface area contributed by atoms with Gasteiger partial charge in [0, 0.05) is 30.1 Å². The topological polar surface area (TPSA) is 51.5 Å². The Hall–Kier alpha value is -0.0631. The first-order chi connectivity index (χ1) is 9.31. The lowest BCUT2D eigenvalue weighted by Crippen LogP contribution is -2.50. The Bertz CT molecular complexity index is 266. The summed E-state index contributed by atoms with van der Waals surface area (Å²) in [5.41, 5.74) is 0. The van der Waals surface area contributed by atoms with Crippen LogP contribution in [0.1, 0.15) is 54.4 Å². The molecule has 4 nitrogen and oxygen atoms in total. The third-order valence-electron chi connectivity index (χ3n) is 2.29. The molecular weight excluding hydrogens is 290 g/mol. The number of nitrogens with zero attached hydrogens (tertiary/aromatic N) is 1. The Kier molecular flexibility index (Phi) is 10.6. The van der Waals surface area contributed by atoms with Crippen LogP contribution in [0.15, 0.2) is 0 Å². The van der Waals surface area contributed by atoms with E-state index in [4.69, 9.17) is 18.5 Å². The minimum absolute atomic E-state index is 0.0904. The van der Waals surface area contributed by atoms with Crippen LogP contribution < -0.4 is 0 Å². The fraction of sp³-hybridized carbons (Fsp3) is 0.929. The molecule has 0 heterocycles. The van der Waals surface area contributed by atoms with Gasteiger partial charge in [0.1, 0.15) is 5.40 Å². The van der Waals surface area contributed by atoms with Gasteiger partial charge in [-0.25, -0.2) is 0 Å². The maximum atomic E-state index is 8.53. The normalized spacial score (nSPS) is 12.4. The SMILES string of the molecule is CC(C)O[Si](CCCCSC#N)(OC(C)C)OC(C)C. The van der Waals surface area contributed by atoms with E-state index in [-0.39, 0.29) is 18.3 Å². The van der Waals surface area contributed by atoms with Crippen molar-refractivity contribution >= 4 is 20.6 Å². The van der Waals surface area contributed by atoms with E-state index in [1.807, 2.05) is 41.5 Å². The van der Waals surface area contributed by atoms with Crippen LogP contribution in [-0.2, 0) is 13.3 Å². The summed E-state index contributed by atoms with van der Waals surface area (Å²) in [6, 6.07) is 0.813. The van der Waals surface area contributed by atoms with Crippen molar-refractivity contribution in [1.82, 2.24) is 0 Å². The van der Waals surface area contributed by atoms with Crippen molar-refractivity contribution in [2.45, 2.75) is 78.7 Å². The fourth-order valence-electron chi connectivity index (χ4n) is 1.90. The molecule has 0 aliphatic rings. The van der Waals surface area contributed by atoms with Gasteiger partial charge < -0.3 is 13.3 Å². The Morgan fingerprint density at radius 1 is 0.900 bits per heavy atom. The zero-order valence-corrected chi connectivity index (χ0v) is 15.5. The van der Waals surface area contributed by atoms with Crippen molar-refractivity contribution in [3.8, 4) is 5.40 Å². The van der Waals surface area contributed by atoms with E-state index in [2.05, 4.69) is 5.40 Å². The predicted octanol–water partition coefficient (Wildman–Crippen LogP) is 4.19. The van der Waals surface area contributed by atoms with Gasteiger partial charge >= 0.3 is 8.80 Å². The van der Waals surface area contributed by atoms with Gasteiger partial charge in [-0.15, -0.1) is 0 Å². The largest absolute Gasteiger partial charge is 0.501 e. The standard InChI is InChI=1S/C14H29NO3SSi/c1-12(2)16-20(17-13(3)4,18-14(5)6)10-8-7-9-19-11-15/h12-14H,7-10H2,1-6H3. The van der Waals surface area contributed by atoms with Crippen LogP contribution in [-0.4, -0.2) is 32.9 Å². The molecule has 118 valence electrons. The second-order valence-electron chi connectivity index (χ2n) is 5.58. The molecule has 20 heavy (non-hydrogen) atoms. The quantitative estimate of drug-likeness (QED) is 0.324. The Labute approximate surface area is 129 Å². The highest BCUT2D eigenvalue weighted by atomic mass is 32.2. The van der Waals surface area contributed by atoms with E-state index in [0.29, 0.717) is 0 Å².